The van der Waals surface area contributed by atoms with Gasteiger partial charge in [-0.3, -0.25) is 0 Å². The Kier molecular flexibility index (Phi) is 4.03. The minimum Gasteiger partial charge on any atom is -0.313 e. The van der Waals surface area contributed by atoms with E-state index in [1.165, 1.54) is 42.0 Å². The first-order chi connectivity index (χ1) is 10.1. The van der Waals surface area contributed by atoms with Crippen LogP contribution >= 0.6 is 0 Å². The Morgan fingerprint density at radius 2 is 1.67 bits per heavy atom. The topological polar surface area (TPSA) is 12.0 Å². The Morgan fingerprint density at radius 1 is 1.00 bits per heavy atom. The first-order valence-electron chi connectivity index (χ1n) is 8.26. The molecule has 1 aliphatic carbocycles. The van der Waals surface area contributed by atoms with Crippen molar-refractivity contribution in [1.29, 1.82) is 0 Å². The van der Waals surface area contributed by atoms with Crippen LogP contribution in [0.25, 0.3) is 10.8 Å². The molecule has 0 radical (unpaired) electrons. The summed E-state index contributed by atoms with van der Waals surface area (Å²) in [5.41, 5.74) is 2.01. The van der Waals surface area contributed by atoms with Crippen LogP contribution in [-0.2, 0) is 0 Å². The second kappa shape index (κ2) is 5.81. The lowest BCUT2D eigenvalue weighted by Gasteiger charge is -2.38. The van der Waals surface area contributed by atoms with Gasteiger partial charge < -0.3 is 5.32 Å². The zero-order chi connectivity index (χ0) is 14.9. The molecule has 0 spiro atoms. The molecule has 0 aromatic heterocycles. The van der Waals surface area contributed by atoms with Crippen molar-refractivity contribution in [2.75, 3.05) is 7.05 Å². The molecule has 1 heteroatoms. The van der Waals surface area contributed by atoms with E-state index in [2.05, 4.69) is 68.7 Å². The Labute approximate surface area is 128 Å². The predicted octanol–water partition coefficient (Wildman–Crippen LogP) is 5.32. The van der Waals surface area contributed by atoms with Crippen LogP contribution in [0.2, 0.25) is 0 Å². The molecule has 2 aromatic rings. The molecule has 1 saturated carbocycles. The van der Waals surface area contributed by atoms with E-state index >= 15 is 0 Å². The van der Waals surface area contributed by atoms with E-state index in [1.54, 1.807) is 0 Å². The highest BCUT2D eigenvalue weighted by molar-refractivity contribution is 5.86. The quantitative estimate of drug-likeness (QED) is 0.803. The van der Waals surface area contributed by atoms with E-state index in [9.17, 15) is 0 Å². The molecular weight excluding hydrogens is 254 g/mol. The van der Waals surface area contributed by atoms with Crippen LogP contribution in [0.15, 0.2) is 42.5 Å². The molecule has 1 fully saturated rings. The number of benzene rings is 2. The number of hydrogen-bond donors (Lipinski definition) is 1. The van der Waals surface area contributed by atoms with Crippen LogP contribution in [0.1, 0.15) is 51.1 Å². The van der Waals surface area contributed by atoms with Gasteiger partial charge in [-0.2, -0.15) is 0 Å². The van der Waals surface area contributed by atoms with Crippen molar-refractivity contribution in [3.8, 4) is 0 Å². The van der Waals surface area contributed by atoms with Crippen LogP contribution in [0.4, 0.5) is 0 Å². The molecule has 1 unspecified atom stereocenters. The number of nitrogens with one attached hydrogen (secondary N) is 1. The minimum atomic E-state index is 0.479. The van der Waals surface area contributed by atoms with Crippen molar-refractivity contribution in [2.24, 2.45) is 11.3 Å². The fraction of sp³-hybridized carbons (Fsp3) is 0.500. The molecule has 2 aromatic carbocycles. The summed E-state index contributed by atoms with van der Waals surface area (Å²) in [7, 11) is 2.12. The van der Waals surface area contributed by atoms with E-state index < -0.39 is 0 Å². The second-order valence-electron chi connectivity index (χ2n) is 7.34. The van der Waals surface area contributed by atoms with E-state index in [0.29, 0.717) is 11.5 Å². The maximum absolute atomic E-state index is 3.61. The third-order valence-corrected chi connectivity index (χ3v) is 5.32. The normalized spacial score (nSPS) is 20.5. The number of rotatable bonds is 3. The molecule has 1 aliphatic rings. The molecular formula is C20H27N. The molecule has 0 aliphatic heterocycles. The summed E-state index contributed by atoms with van der Waals surface area (Å²) in [6.45, 7) is 4.82. The Morgan fingerprint density at radius 3 is 2.38 bits per heavy atom. The van der Waals surface area contributed by atoms with Crippen LogP contribution in [0.3, 0.4) is 0 Å². The summed E-state index contributed by atoms with van der Waals surface area (Å²) >= 11 is 0. The summed E-state index contributed by atoms with van der Waals surface area (Å²) < 4.78 is 0. The first-order valence-corrected chi connectivity index (χ1v) is 8.26. The zero-order valence-electron chi connectivity index (χ0n) is 13.5. The summed E-state index contributed by atoms with van der Waals surface area (Å²) in [5.74, 6) is 0.758. The SMILES string of the molecule is CNC(c1cccc2ccccc12)C1CCC(C)(C)CC1. The standard InChI is InChI=1S/C20H27N/c1-20(2)13-11-16(12-14-20)19(21-3)18-10-6-8-15-7-4-5-9-17(15)18/h4-10,16,19,21H,11-14H2,1-3H3. The van der Waals surface area contributed by atoms with E-state index in [1.807, 2.05) is 0 Å². The Bertz CT molecular complexity index is 599. The van der Waals surface area contributed by atoms with Crippen molar-refractivity contribution >= 4 is 10.8 Å². The van der Waals surface area contributed by atoms with Crippen LogP contribution < -0.4 is 5.32 Å². The fourth-order valence-corrected chi connectivity index (χ4v) is 3.92. The second-order valence-corrected chi connectivity index (χ2v) is 7.34. The van der Waals surface area contributed by atoms with E-state index in [0.717, 1.165) is 5.92 Å². The van der Waals surface area contributed by atoms with Gasteiger partial charge in [0.15, 0.2) is 0 Å². The fourth-order valence-electron chi connectivity index (χ4n) is 3.92. The van der Waals surface area contributed by atoms with E-state index in [4.69, 9.17) is 0 Å². The predicted molar refractivity (Wildman–Crippen MR) is 91.5 cm³/mol. The molecule has 3 rings (SSSR count). The minimum absolute atomic E-state index is 0.479. The maximum Gasteiger partial charge on any atom is 0.0352 e. The molecule has 1 nitrogen and oxygen atoms in total. The largest absolute Gasteiger partial charge is 0.313 e. The maximum atomic E-state index is 3.61. The molecule has 0 amide bonds. The lowest BCUT2D eigenvalue weighted by Crippen LogP contribution is -2.31. The first kappa shape index (κ1) is 14.6. The third kappa shape index (κ3) is 2.98. The average Bonchev–Trinajstić information content (AvgIpc) is 2.50. The van der Waals surface area contributed by atoms with Crippen LogP contribution in [0.5, 0.6) is 0 Å². The van der Waals surface area contributed by atoms with Gasteiger partial charge in [-0.05, 0) is 60.4 Å². The molecule has 0 saturated heterocycles. The number of fused-ring (bicyclic) bond motifs is 1. The van der Waals surface area contributed by atoms with Gasteiger partial charge >= 0.3 is 0 Å². The van der Waals surface area contributed by atoms with Crippen LogP contribution in [0, 0.1) is 11.3 Å². The lowest BCUT2D eigenvalue weighted by molar-refractivity contribution is 0.165. The van der Waals surface area contributed by atoms with Crippen molar-refractivity contribution in [3.05, 3.63) is 48.0 Å². The van der Waals surface area contributed by atoms with Gasteiger partial charge in [0.1, 0.15) is 0 Å². The molecule has 0 bridgehead atoms. The van der Waals surface area contributed by atoms with Crippen molar-refractivity contribution in [2.45, 2.75) is 45.6 Å². The Balaban J connectivity index is 1.92. The average molecular weight is 281 g/mol. The van der Waals surface area contributed by atoms with Crippen LogP contribution in [-0.4, -0.2) is 7.05 Å². The summed E-state index contributed by atoms with van der Waals surface area (Å²) in [6.07, 6.45) is 5.37. The van der Waals surface area contributed by atoms with Crippen molar-refractivity contribution < 1.29 is 0 Å². The zero-order valence-corrected chi connectivity index (χ0v) is 13.5. The third-order valence-electron chi connectivity index (χ3n) is 5.32. The highest BCUT2D eigenvalue weighted by atomic mass is 14.9. The van der Waals surface area contributed by atoms with Gasteiger partial charge in [-0.25, -0.2) is 0 Å². The van der Waals surface area contributed by atoms with Gasteiger partial charge in [-0.15, -0.1) is 0 Å². The van der Waals surface area contributed by atoms with Crippen molar-refractivity contribution in [3.63, 3.8) is 0 Å². The summed E-state index contributed by atoms with van der Waals surface area (Å²) in [6, 6.07) is 16.0. The number of hydrogen-bond acceptors (Lipinski definition) is 1. The lowest BCUT2D eigenvalue weighted by atomic mass is 9.70. The Hall–Kier alpha value is -1.34. The van der Waals surface area contributed by atoms with Gasteiger partial charge in [0, 0.05) is 6.04 Å². The van der Waals surface area contributed by atoms with E-state index in [-0.39, 0.29) is 0 Å². The monoisotopic (exact) mass is 281 g/mol. The highest BCUT2D eigenvalue weighted by Gasteiger charge is 2.31. The van der Waals surface area contributed by atoms with Crippen molar-refractivity contribution in [1.82, 2.24) is 5.32 Å². The van der Waals surface area contributed by atoms with Gasteiger partial charge in [0.05, 0.1) is 0 Å². The van der Waals surface area contributed by atoms with Gasteiger partial charge in [-0.1, -0.05) is 56.3 Å². The summed E-state index contributed by atoms with van der Waals surface area (Å²) in [5, 5.41) is 6.37. The molecule has 21 heavy (non-hydrogen) atoms. The van der Waals surface area contributed by atoms with Gasteiger partial charge in [0.25, 0.3) is 0 Å². The summed E-state index contributed by atoms with van der Waals surface area (Å²) in [4.78, 5) is 0. The molecule has 1 N–H and O–H groups in total. The smallest absolute Gasteiger partial charge is 0.0352 e. The highest BCUT2D eigenvalue weighted by Crippen LogP contribution is 2.43. The molecule has 0 heterocycles. The molecule has 1 atom stereocenters. The van der Waals surface area contributed by atoms with Gasteiger partial charge in [0.2, 0.25) is 0 Å². The molecule has 112 valence electrons.